The molecule has 15 heavy (non-hydrogen) atoms. The van der Waals surface area contributed by atoms with Gasteiger partial charge in [-0.3, -0.25) is 0 Å². The van der Waals surface area contributed by atoms with E-state index in [9.17, 15) is 13.2 Å². The molecule has 0 atom stereocenters. The van der Waals surface area contributed by atoms with E-state index in [-0.39, 0.29) is 0 Å². The Morgan fingerprint density at radius 3 is 2.67 bits per heavy atom. The summed E-state index contributed by atoms with van der Waals surface area (Å²) in [6.07, 6.45) is 0.710. The van der Waals surface area contributed by atoms with E-state index in [1.54, 1.807) is 6.07 Å². The Hall–Kier alpha value is -1.47. The van der Waals surface area contributed by atoms with Gasteiger partial charge in [0.05, 0.1) is 12.1 Å². The molecule has 0 aliphatic carbocycles. The van der Waals surface area contributed by atoms with Crippen molar-refractivity contribution in [2.24, 2.45) is 0 Å². The number of hydrogen-bond acceptors (Lipinski definition) is 1. The Labute approximate surface area is 86.3 Å². The molecule has 0 aliphatic heterocycles. The van der Waals surface area contributed by atoms with E-state index in [2.05, 4.69) is 11.2 Å². The maximum Gasteiger partial charge on any atom is 0.416 e. The van der Waals surface area contributed by atoms with Crippen LogP contribution in [0.5, 0.6) is 0 Å². The van der Waals surface area contributed by atoms with Gasteiger partial charge in [0.25, 0.3) is 0 Å². The number of terminal acetylenes is 1. The number of nitrogens with one attached hydrogen (secondary N) is 1. The second kappa shape index (κ2) is 4.85. The molecule has 1 aromatic carbocycles. The fourth-order valence-electron chi connectivity index (χ4n) is 1.14. The van der Waals surface area contributed by atoms with Crippen LogP contribution in [0.1, 0.15) is 11.1 Å². The number of benzene rings is 1. The van der Waals surface area contributed by atoms with Crippen molar-refractivity contribution in [1.29, 1.82) is 0 Å². The van der Waals surface area contributed by atoms with Crippen LogP contribution in [0, 0.1) is 12.3 Å². The molecule has 1 N–H and O–H groups in total. The third-order valence-corrected chi connectivity index (χ3v) is 1.81. The Morgan fingerprint density at radius 2 is 2.07 bits per heavy atom. The highest BCUT2D eigenvalue weighted by molar-refractivity contribution is 5.25. The average Bonchev–Trinajstić information content (AvgIpc) is 2.17. The van der Waals surface area contributed by atoms with Crippen LogP contribution in [0.3, 0.4) is 0 Å². The molecule has 1 rings (SSSR count). The van der Waals surface area contributed by atoms with Crippen molar-refractivity contribution in [3.63, 3.8) is 0 Å². The molecule has 0 bridgehead atoms. The fraction of sp³-hybridized carbons (Fsp3) is 0.273. The maximum atomic E-state index is 12.3. The van der Waals surface area contributed by atoms with Crippen molar-refractivity contribution >= 4 is 0 Å². The molecule has 0 spiro atoms. The summed E-state index contributed by atoms with van der Waals surface area (Å²) in [7, 11) is 0. The molecule has 0 fully saturated rings. The summed E-state index contributed by atoms with van der Waals surface area (Å²) in [5.41, 5.74) is -0.0671. The Bertz CT molecular complexity index is 363. The van der Waals surface area contributed by atoms with Crippen molar-refractivity contribution in [3.8, 4) is 12.3 Å². The van der Waals surface area contributed by atoms with E-state index in [4.69, 9.17) is 6.42 Å². The van der Waals surface area contributed by atoms with E-state index in [0.29, 0.717) is 18.7 Å². The summed E-state index contributed by atoms with van der Waals surface area (Å²) < 4.78 is 36.9. The molecular weight excluding hydrogens is 203 g/mol. The van der Waals surface area contributed by atoms with Gasteiger partial charge in [0.2, 0.25) is 0 Å². The Kier molecular flexibility index (Phi) is 3.75. The Balaban J connectivity index is 2.71. The van der Waals surface area contributed by atoms with Crippen LogP contribution >= 0.6 is 0 Å². The predicted octanol–water partition coefficient (Wildman–Crippen LogP) is 2.43. The van der Waals surface area contributed by atoms with Gasteiger partial charge in [0, 0.05) is 6.54 Å². The highest BCUT2D eigenvalue weighted by atomic mass is 19.4. The van der Waals surface area contributed by atoms with Crippen LogP contribution in [0.2, 0.25) is 0 Å². The van der Waals surface area contributed by atoms with Gasteiger partial charge in [-0.15, -0.1) is 6.42 Å². The second-order valence-corrected chi connectivity index (χ2v) is 3.01. The first-order chi connectivity index (χ1) is 7.04. The number of hydrogen-bond donors (Lipinski definition) is 1. The van der Waals surface area contributed by atoms with Gasteiger partial charge >= 0.3 is 6.18 Å². The van der Waals surface area contributed by atoms with E-state index in [1.165, 1.54) is 6.07 Å². The molecular formula is C11H10F3N. The smallest absolute Gasteiger partial charge is 0.302 e. The van der Waals surface area contributed by atoms with Crippen molar-refractivity contribution in [3.05, 3.63) is 35.4 Å². The minimum Gasteiger partial charge on any atom is -0.302 e. The quantitative estimate of drug-likeness (QED) is 0.600. The van der Waals surface area contributed by atoms with Crippen LogP contribution in [0.15, 0.2) is 24.3 Å². The molecule has 0 heterocycles. The lowest BCUT2D eigenvalue weighted by Gasteiger charge is -2.08. The first kappa shape index (κ1) is 11.6. The lowest BCUT2D eigenvalue weighted by molar-refractivity contribution is -0.137. The molecule has 0 aliphatic rings. The predicted molar refractivity (Wildman–Crippen MR) is 52.0 cm³/mol. The molecule has 1 aromatic rings. The minimum absolute atomic E-state index is 0.341. The summed E-state index contributed by atoms with van der Waals surface area (Å²) in [5.74, 6) is 2.35. The van der Waals surface area contributed by atoms with Gasteiger partial charge in [-0.2, -0.15) is 13.2 Å². The van der Waals surface area contributed by atoms with Gasteiger partial charge in [-0.25, -0.2) is 0 Å². The number of rotatable bonds is 3. The molecule has 0 aromatic heterocycles. The lowest BCUT2D eigenvalue weighted by Crippen LogP contribution is -2.14. The molecule has 4 heteroatoms. The molecule has 1 nitrogen and oxygen atoms in total. The maximum absolute atomic E-state index is 12.3. The molecule has 0 radical (unpaired) electrons. The summed E-state index contributed by atoms with van der Waals surface area (Å²) in [5, 5.41) is 2.83. The van der Waals surface area contributed by atoms with Crippen molar-refractivity contribution < 1.29 is 13.2 Å². The van der Waals surface area contributed by atoms with E-state index < -0.39 is 11.7 Å². The van der Waals surface area contributed by atoms with Crippen LogP contribution in [0.4, 0.5) is 13.2 Å². The van der Waals surface area contributed by atoms with E-state index in [1.807, 2.05) is 0 Å². The molecule has 0 saturated carbocycles. The van der Waals surface area contributed by atoms with E-state index in [0.717, 1.165) is 12.1 Å². The summed E-state index contributed by atoms with van der Waals surface area (Å²) >= 11 is 0. The zero-order chi connectivity index (χ0) is 11.3. The number of alkyl halides is 3. The standard InChI is InChI=1S/C11H10F3N/c1-2-6-15-8-9-4-3-5-10(7-9)11(12,13)14/h1,3-5,7,15H,6,8H2. The normalized spacial score (nSPS) is 11.1. The Morgan fingerprint density at radius 1 is 1.33 bits per heavy atom. The summed E-state index contributed by atoms with van der Waals surface area (Å²) in [4.78, 5) is 0. The van der Waals surface area contributed by atoms with Crippen molar-refractivity contribution in [1.82, 2.24) is 5.32 Å². The average molecular weight is 213 g/mol. The third-order valence-electron chi connectivity index (χ3n) is 1.81. The van der Waals surface area contributed by atoms with Crippen LogP contribution in [0.25, 0.3) is 0 Å². The lowest BCUT2D eigenvalue weighted by atomic mass is 10.1. The van der Waals surface area contributed by atoms with Gasteiger partial charge in [0.15, 0.2) is 0 Å². The van der Waals surface area contributed by atoms with Gasteiger partial charge in [-0.05, 0) is 11.6 Å². The van der Waals surface area contributed by atoms with Crippen molar-refractivity contribution in [2.45, 2.75) is 12.7 Å². The minimum atomic E-state index is -4.29. The van der Waals surface area contributed by atoms with Crippen LogP contribution in [-0.4, -0.2) is 6.54 Å². The van der Waals surface area contributed by atoms with Crippen LogP contribution < -0.4 is 5.32 Å². The van der Waals surface area contributed by atoms with Crippen molar-refractivity contribution in [2.75, 3.05) is 6.54 Å². The molecule has 0 saturated heterocycles. The summed E-state index contributed by atoms with van der Waals surface area (Å²) in [6.45, 7) is 0.685. The highest BCUT2D eigenvalue weighted by Gasteiger charge is 2.30. The third kappa shape index (κ3) is 3.64. The largest absolute Gasteiger partial charge is 0.416 e. The molecule has 0 amide bonds. The molecule has 0 unspecified atom stereocenters. The van der Waals surface area contributed by atoms with Crippen LogP contribution in [-0.2, 0) is 12.7 Å². The topological polar surface area (TPSA) is 12.0 Å². The van der Waals surface area contributed by atoms with E-state index >= 15 is 0 Å². The van der Waals surface area contributed by atoms with Gasteiger partial charge in [0.1, 0.15) is 0 Å². The number of halogens is 3. The zero-order valence-corrected chi connectivity index (χ0v) is 7.93. The summed E-state index contributed by atoms with van der Waals surface area (Å²) in [6, 6.07) is 5.17. The van der Waals surface area contributed by atoms with Gasteiger partial charge in [-0.1, -0.05) is 24.1 Å². The first-order valence-corrected chi connectivity index (χ1v) is 4.34. The zero-order valence-electron chi connectivity index (χ0n) is 7.93. The van der Waals surface area contributed by atoms with Gasteiger partial charge < -0.3 is 5.32 Å². The first-order valence-electron chi connectivity index (χ1n) is 4.34. The monoisotopic (exact) mass is 213 g/mol. The second-order valence-electron chi connectivity index (χ2n) is 3.01. The molecule has 80 valence electrons. The highest BCUT2D eigenvalue weighted by Crippen LogP contribution is 2.29. The fourth-order valence-corrected chi connectivity index (χ4v) is 1.14. The SMILES string of the molecule is C#CCNCc1cccc(C(F)(F)F)c1.